The lowest BCUT2D eigenvalue weighted by Crippen LogP contribution is -2.23. The molecule has 0 bridgehead atoms. The first-order valence-electron chi connectivity index (χ1n) is 3.98. The number of aromatic nitrogens is 5. The van der Waals surface area contributed by atoms with Crippen LogP contribution in [0.3, 0.4) is 0 Å². The molecule has 7 nitrogen and oxygen atoms in total. The summed E-state index contributed by atoms with van der Waals surface area (Å²) >= 11 is 0. The Hall–Kier alpha value is -2.18. The van der Waals surface area contributed by atoms with Gasteiger partial charge in [0.15, 0.2) is 5.69 Å². The predicted octanol–water partition coefficient (Wildman–Crippen LogP) is -0.542. The number of carbonyl (C=O) groups excluding carboxylic acids is 1. The normalized spacial score (nSPS) is 10.0. The summed E-state index contributed by atoms with van der Waals surface area (Å²) < 4.78 is 0. The Morgan fingerprint density at radius 1 is 1.50 bits per heavy atom. The summed E-state index contributed by atoms with van der Waals surface area (Å²) in [4.78, 5) is 11.3. The number of nitrogens with zero attached hydrogens (tertiary/aromatic N) is 3. The van der Waals surface area contributed by atoms with Crippen molar-refractivity contribution in [1.82, 2.24) is 30.9 Å². The zero-order valence-corrected chi connectivity index (χ0v) is 7.19. The summed E-state index contributed by atoms with van der Waals surface area (Å²) in [5.41, 5.74) is 1.10. The van der Waals surface area contributed by atoms with Crippen LogP contribution in [0.25, 0.3) is 0 Å². The van der Waals surface area contributed by atoms with E-state index in [1.165, 1.54) is 6.20 Å². The molecule has 0 aliphatic carbocycles. The molecule has 0 fully saturated rings. The second kappa shape index (κ2) is 3.69. The quantitative estimate of drug-likeness (QED) is 0.608. The molecule has 72 valence electrons. The highest BCUT2D eigenvalue weighted by molar-refractivity contribution is 5.91. The average molecular weight is 192 g/mol. The van der Waals surface area contributed by atoms with E-state index in [1.54, 1.807) is 12.3 Å². The van der Waals surface area contributed by atoms with Crippen molar-refractivity contribution in [2.24, 2.45) is 0 Å². The monoisotopic (exact) mass is 192 g/mol. The van der Waals surface area contributed by atoms with Gasteiger partial charge in [-0.3, -0.25) is 9.89 Å². The van der Waals surface area contributed by atoms with Crippen molar-refractivity contribution in [3.63, 3.8) is 0 Å². The van der Waals surface area contributed by atoms with Crippen LogP contribution in [0.4, 0.5) is 0 Å². The maximum absolute atomic E-state index is 11.3. The molecule has 2 heterocycles. The van der Waals surface area contributed by atoms with Crippen molar-refractivity contribution in [3.8, 4) is 0 Å². The van der Waals surface area contributed by atoms with Crippen LogP contribution in [0.5, 0.6) is 0 Å². The summed E-state index contributed by atoms with van der Waals surface area (Å²) in [7, 11) is 0. The fraction of sp³-hybridized carbons (Fsp3) is 0.143. The molecule has 0 atom stereocenters. The summed E-state index contributed by atoms with van der Waals surface area (Å²) in [6, 6.07) is 1.78. The number of amides is 1. The first-order chi connectivity index (χ1) is 6.86. The van der Waals surface area contributed by atoms with Crippen molar-refractivity contribution in [2.45, 2.75) is 6.54 Å². The number of H-pyrrole nitrogens is 2. The first kappa shape index (κ1) is 8.42. The van der Waals surface area contributed by atoms with Gasteiger partial charge in [-0.2, -0.15) is 20.5 Å². The molecule has 3 N–H and O–H groups in total. The van der Waals surface area contributed by atoms with Crippen molar-refractivity contribution in [3.05, 3.63) is 29.8 Å². The number of hydrogen-bond acceptors (Lipinski definition) is 4. The molecular weight excluding hydrogens is 184 g/mol. The molecule has 0 spiro atoms. The van der Waals surface area contributed by atoms with Gasteiger partial charge in [-0.25, -0.2) is 0 Å². The number of hydrogen-bond donors (Lipinski definition) is 3. The van der Waals surface area contributed by atoms with Crippen LogP contribution < -0.4 is 5.32 Å². The fourth-order valence-corrected chi connectivity index (χ4v) is 0.960. The lowest BCUT2D eigenvalue weighted by atomic mass is 10.4. The van der Waals surface area contributed by atoms with Gasteiger partial charge < -0.3 is 5.32 Å². The van der Waals surface area contributed by atoms with Crippen LogP contribution in [0.1, 0.15) is 16.2 Å². The molecule has 2 aromatic heterocycles. The molecule has 0 aromatic carbocycles. The Balaban J connectivity index is 1.90. The van der Waals surface area contributed by atoms with Gasteiger partial charge in [-0.15, -0.1) is 0 Å². The molecule has 0 saturated heterocycles. The highest BCUT2D eigenvalue weighted by Crippen LogP contribution is 1.92. The first-order valence-corrected chi connectivity index (χ1v) is 3.98. The van der Waals surface area contributed by atoms with E-state index >= 15 is 0 Å². The summed E-state index contributed by atoms with van der Waals surface area (Å²) in [5, 5.41) is 18.7. The second-order valence-electron chi connectivity index (χ2n) is 2.62. The van der Waals surface area contributed by atoms with Gasteiger partial charge in [-0.05, 0) is 6.07 Å². The minimum atomic E-state index is -0.270. The Morgan fingerprint density at radius 2 is 2.43 bits per heavy atom. The molecule has 0 radical (unpaired) electrons. The van der Waals surface area contributed by atoms with Gasteiger partial charge in [0, 0.05) is 6.20 Å². The van der Waals surface area contributed by atoms with Gasteiger partial charge in [0.05, 0.1) is 18.4 Å². The maximum atomic E-state index is 11.3. The number of carbonyl (C=O) groups is 1. The van der Waals surface area contributed by atoms with Gasteiger partial charge in [0.2, 0.25) is 0 Å². The van der Waals surface area contributed by atoms with Crippen LogP contribution in [0, 0.1) is 0 Å². The van der Waals surface area contributed by atoms with Crippen LogP contribution in [0.15, 0.2) is 18.5 Å². The summed E-state index contributed by atoms with van der Waals surface area (Å²) in [5.74, 6) is -0.270. The Kier molecular flexibility index (Phi) is 2.22. The molecule has 14 heavy (non-hydrogen) atoms. The standard InChI is InChI=1S/C7H8N6O/c14-7(6-4-10-13-12-6)8-3-5-1-2-9-11-5/h1-2,4H,3H2,(H,8,14)(H,9,11)(H,10,12,13). The lowest BCUT2D eigenvalue weighted by molar-refractivity contribution is 0.0945. The van der Waals surface area contributed by atoms with Crippen LogP contribution in [0.2, 0.25) is 0 Å². The van der Waals surface area contributed by atoms with Crippen molar-refractivity contribution < 1.29 is 4.79 Å². The maximum Gasteiger partial charge on any atom is 0.273 e. The van der Waals surface area contributed by atoms with Crippen molar-refractivity contribution >= 4 is 5.91 Å². The molecule has 2 rings (SSSR count). The van der Waals surface area contributed by atoms with Gasteiger partial charge in [0.1, 0.15) is 0 Å². The van der Waals surface area contributed by atoms with E-state index < -0.39 is 0 Å². The van der Waals surface area contributed by atoms with Gasteiger partial charge in [-0.1, -0.05) is 0 Å². The van der Waals surface area contributed by atoms with Gasteiger partial charge >= 0.3 is 0 Å². The molecule has 1 amide bonds. The minimum Gasteiger partial charge on any atom is -0.345 e. The zero-order valence-electron chi connectivity index (χ0n) is 7.19. The smallest absolute Gasteiger partial charge is 0.273 e. The number of aromatic amines is 2. The van der Waals surface area contributed by atoms with E-state index in [1.807, 2.05) is 0 Å². The average Bonchev–Trinajstić information content (AvgIpc) is 2.87. The fourth-order valence-electron chi connectivity index (χ4n) is 0.960. The van der Waals surface area contributed by atoms with E-state index in [4.69, 9.17) is 0 Å². The molecule has 0 unspecified atom stereocenters. The summed E-state index contributed by atoms with van der Waals surface area (Å²) in [6.07, 6.45) is 2.99. The highest BCUT2D eigenvalue weighted by Gasteiger charge is 2.07. The minimum absolute atomic E-state index is 0.268. The SMILES string of the molecule is O=C(NCc1ccn[nH]1)c1cn[nH]n1. The third-order valence-electron chi connectivity index (χ3n) is 1.65. The van der Waals surface area contributed by atoms with Crippen molar-refractivity contribution in [2.75, 3.05) is 0 Å². The zero-order chi connectivity index (χ0) is 9.80. The van der Waals surface area contributed by atoms with Crippen LogP contribution >= 0.6 is 0 Å². The number of nitrogens with one attached hydrogen (secondary N) is 3. The molecule has 0 aliphatic heterocycles. The van der Waals surface area contributed by atoms with E-state index in [-0.39, 0.29) is 11.6 Å². The molecular formula is C7H8N6O. The summed E-state index contributed by atoms with van der Waals surface area (Å²) in [6.45, 7) is 0.395. The second-order valence-corrected chi connectivity index (χ2v) is 2.62. The van der Waals surface area contributed by atoms with Gasteiger partial charge in [0.25, 0.3) is 5.91 Å². The van der Waals surface area contributed by atoms with Crippen molar-refractivity contribution in [1.29, 1.82) is 0 Å². The molecule has 7 heteroatoms. The Morgan fingerprint density at radius 3 is 3.07 bits per heavy atom. The molecule has 0 aliphatic rings. The highest BCUT2D eigenvalue weighted by atomic mass is 16.1. The number of rotatable bonds is 3. The van der Waals surface area contributed by atoms with Crippen LogP contribution in [-0.2, 0) is 6.54 Å². The Labute approximate surface area is 78.9 Å². The van der Waals surface area contributed by atoms with E-state index in [2.05, 4.69) is 30.9 Å². The van der Waals surface area contributed by atoms with E-state index in [9.17, 15) is 4.79 Å². The lowest BCUT2D eigenvalue weighted by Gasteiger charge is -1.98. The molecule has 2 aromatic rings. The predicted molar refractivity (Wildman–Crippen MR) is 46.1 cm³/mol. The topological polar surface area (TPSA) is 99.4 Å². The molecule has 0 saturated carbocycles. The largest absolute Gasteiger partial charge is 0.345 e. The van der Waals surface area contributed by atoms with E-state index in [0.717, 1.165) is 5.69 Å². The Bertz CT molecular complexity index is 392. The third kappa shape index (κ3) is 1.76. The van der Waals surface area contributed by atoms with E-state index in [0.29, 0.717) is 6.54 Å². The van der Waals surface area contributed by atoms with Crippen LogP contribution in [-0.4, -0.2) is 31.5 Å². The third-order valence-corrected chi connectivity index (χ3v) is 1.65.